The third-order valence-electron chi connectivity index (χ3n) is 5.49. The summed E-state index contributed by atoms with van der Waals surface area (Å²) < 4.78 is 52.2. The molecule has 0 unspecified atom stereocenters. The van der Waals surface area contributed by atoms with Gasteiger partial charge in [0.1, 0.15) is 11.6 Å². The summed E-state index contributed by atoms with van der Waals surface area (Å²) in [4.78, 5) is 22.4. The third-order valence-corrected chi connectivity index (χ3v) is 5.49. The van der Waals surface area contributed by atoms with E-state index in [2.05, 4.69) is 27.2 Å². The molecule has 0 saturated carbocycles. The first kappa shape index (κ1) is 20.3. The number of piperidine rings is 1. The number of nitrogens with zero attached hydrogens (tertiary/aromatic N) is 2. The summed E-state index contributed by atoms with van der Waals surface area (Å²) in [6, 6.07) is 5.15. The number of H-pyrrole nitrogens is 1. The van der Waals surface area contributed by atoms with Crippen molar-refractivity contribution in [1.82, 2.24) is 14.9 Å². The fraction of sp³-hybridized carbons (Fsp3) is 0.333. The molecule has 1 aliphatic heterocycles. The molecule has 0 atom stereocenters. The van der Waals surface area contributed by atoms with Crippen LogP contribution >= 0.6 is 0 Å². The maximum absolute atomic E-state index is 14.1. The number of carbonyl (C=O) groups excluding carboxylic acids is 1. The summed E-state index contributed by atoms with van der Waals surface area (Å²) in [7, 11) is 2.08. The van der Waals surface area contributed by atoms with Crippen molar-refractivity contribution in [1.29, 1.82) is 0 Å². The number of aromatic nitrogens is 2. The number of rotatable bonds is 3. The highest BCUT2D eigenvalue weighted by Gasteiger charge is 2.31. The van der Waals surface area contributed by atoms with Crippen molar-refractivity contribution in [2.45, 2.75) is 24.9 Å². The molecule has 30 heavy (non-hydrogen) atoms. The number of carbonyl (C=O) groups is 1. The van der Waals surface area contributed by atoms with E-state index in [0.29, 0.717) is 18.1 Å². The Hall–Kier alpha value is -2.94. The van der Waals surface area contributed by atoms with Gasteiger partial charge in [0.2, 0.25) is 0 Å². The quantitative estimate of drug-likeness (QED) is 0.600. The molecule has 4 rings (SSSR count). The van der Waals surface area contributed by atoms with E-state index in [4.69, 9.17) is 0 Å². The molecule has 0 radical (unpaired) electrons. The minimum atomic E-state index is -4.68. The number of hydrogen-bond acceptors (Lipinski definition) is 3. The molecular weight excluding hydrogens is 400 g/mol. The minimum absolute atomic E-state index is 0.209. The Morgan fingerprint density at radius 2 is 1.93 bits per heavy atom. The molecule has 0 bridgehead atoms. The highest BCUT2D eigenvalue weighted by molar-refractivity contribution is 6.04. The topological polar surface area (TPSA) is 61.0 Å². The molecule has 5 nitrogen and oxygen atoms in total. The first-order valence-electron chi connectivity index (χ1n) is 9.57. The van der Waals surface area contributed by atoms with E-state index >= 15 is 0 Å². The van der Waals surface area contributed by atoms with Crippen LogP contribution in [0.5, 0.6) is 0 Å². The van der Waals surface area contributed by atoms with Gasteiger partial charge in [0, 0.05) is 6.20 Å². The molecule has 0 spiro atoms. The summed E-state index contributed by atoms with van der Waals surface area (Å²) in [6.07, 6.45) is -0.757. The zero-order valence-electron chi connectivity index (χ0n) is 16.2. The van der Waals surface area contributed by atoms with Crippen molar-refractivity contribution in [3.8, 4) is 0 Å². The second kappa shape index (κ2) is 7.71. The lowest BCUT2D eigenvalue weighted by molar-refractivity contribution is -0.137. The SMILES string of the molecule is CN1CCC(c2c[nH]c3ccc(NC(=O)c4ccc(C(F)(F)F)cc4F)nc23)CC1. The van der Waals surface area contributed by atoms with E-state index in [0.717, 1.165) is 48.6 Å². The molecule has 1 aliphatic rings. The predicted molar refractivity (Wildman–Crippen MR) is 105 cm³/mol. The second-order valence-electron chi connectivity index (χ2n) is 7.56. The number of anilines is 1. The van der Waals surface area contributed by atoms with Crippen LogP contribution in [0.1, 0.15) is 40.2 Å². The normalized spacial score (nSPS) is 16.2. The lowest BCUT2D eigenvalue weighted by atomic mass is 9.91. The Morgan fingerprint density at radius 1 is 1.20 bits per heavy atom. The smallest absolute Gasteiger partial charge is 0.360 e. The molecule has 1 saturated heterocycles. The van der Waals surface area contributed by atoms with Gasteiger partial charge in [-0.3, -0.25) is 4.79 Å². The van der Waals surface area contributed by atoms with E-state index in [9.17, 15) is 22.4 Å². The molecule has 2 N–H and O–H groups in total. The van der Waals surface area contributed by atoms with Gasteiger partial charge in [-0.25, -0.2) is 9.37 Å². The molecule has 3 aromatic rings. The summed E-state index contributed by atoms with van der Waals surface area (Å²) in [5.74, 6) is -1.54. The number of amides is 1. The Labute approximate surface area is 170 Å². The molecule has 3 heterocycles. The van der Waals surface area contributed by atoms with Gasteiger partial charge in [-0.2, -0.15) is 13.2 Å². The standard InChI is InChI=1S/C21H20F4N4O/c1-29-8-6-12(7-9-29)15-11-26-17-4-5-18(27-19(15)17)28-20(30)14-3-2-13(10-16(14)22)21(23,24)25/h2-5,10-12,26H,6-9H2,1H3,(H,27,28,30). The summed E-state index contributed by atoms with van der Waals surface area (Å²) in [6.45, 7) is 1.97. The Kier molecular flexibility index (Phi) is 5.23. The number of alkyl halides is 3. The van der Waals surface area contributed by atoms with Gasteiger partial charge in [0.25, 0.3) is 5.91 Å². The molecule has 2 aromatic heterocycles. The lowest BCUT2D eigenvalue weighted by Crippen LogP contribution is -2.29. The maximum Gasteiger partial charge on any atom is 0.416 e. The van der Waals surface area contributed by atoms with Gasteiger partial charge < -0.3 is 15.2 Å². The van der Waals surface area contributed by atoms with Gasteiger partial charge in [-0.1, -0.05) is 0 Å². The monoisotopic (exact) mass is 420 g/mol. The van der Waals surface area contributed by atoms with Gasteiger partial charge in [-0.05, 0) is 74.8 Å². The zero-order chi connectivity index (χ0) is 21.5. The highest BCUT2D eigenvalue weighted by Crippen LogP contribution is 2.33. The molecule has 158 valence electrons. The number of halogens is 4. The van der Waals surface area contributed by atoms with Crippen LogP contribution in [-0.4, -0.2) is 40.9 Å². The molecule has 1 amide bonds. The largest absolute Gasteiger partial charge is 0.416 e. The van der Waals surface area contributed by atoms with Crippen molar-refractivity contribution in [2.75, 3.05) is 25.5 Å². The minimum Gasteiger partial charge on any atom is -0.360 e. The first-order chi connectivity index (χ1) is 14.2. The number of nitrogens with one attached hydrogen (secondary N) is 2. The first-order valence-corrected chi connectivity index (χ1v) is 9.57. The molecular formula is C21H20F4N4O. The van der Waals surface area contributed by atoms with Crippen LogP contribution in [0.15, 0.2) is 36.5 Å². The van der Waals surface area contributed by atoms with Crippen molar-refractivity contribution >= 4 is 22.8 Å². The fourth-order valence-electron chi connectivity index (χ4n) is 3.78. The summed E-state index contributed by atoms with van der Waals surface area (Å²) >= 11 is 0. The van der Waals surface area contributed by atoms with E-state index in [-0.39, 0.29) is 5.82 Å². The van der Waals surface area contributed by atoms with Crippen molar-refractivity contribution in [3.05, 3.63) is 59.0 Å². The van der Waals surface area contributed by atoms with Crippen molar-refractivity contribution in [3.63, 3.8) is 0 Å². The number of aromatic amines is 1. The number of hydrogen-bond donors (Lipinski definition) is 2. The Bertz CT molecular complexity index is 1080. The average molecular weight is 420 g/mol. The highest BCUT2D eigenvalue weighted by atomic mass is 19.4. The molecule has 1 aromatic carbocycles. The van der Waals surface area contributed by atoms with Crippen LogP contribution in [0.4, 0.5) is 23.4 Å². The van der Waals surface area contributed by atoms with E-state index < -0.39 is 29.0 Å². The van der Waals surface area contributed by atoms with Gasteiger partial charge >= 0.3 is 6.18 Å². The Morgan fingerprint density at radius 3 is 2.60 bits per heavy atom. The maximum atomic E-state index is 14.1. The van der Waals surface area contributed by atoms with Gasteiger partial charge in [0.05, 0.1) is 22.2 Å². The lowest BCUT2D eigenvalue weighted by Gasteiger charge is -2.28. The average Bonchev–Trinajstić information content (AvgIpc) is 3.11. The molecule has 1 fully saturated rings. The van der Waals surface area contributed by atoms with E-state index in [1.165, 1.54) is 0 Å². The van der Waals surface area contributed by atoms with Crippen LogP contribution < -0.4 is 5.32 Å². The molecule has 0 aliphatic carbocycles. The number of benzene rings is 1. The van der Waals surface area contributed by atoms with Crippen LogP contribution in [0, 0.1) is 5.82 Å². The van der Waals surface area contributed by atoms with Crippen LogP contribution in [0.25, 0.3) is 11.0 Å². The van der Waals surface area contributed by atoms with Crippen molar-refractivity contribution in [2.24, 2.45) is 0 Å². The number of pyridine rings is 1. The van der Waals surface area contributed by atoms with E-state index in [1.807, 2.05) is 6.20 Å². The summed E-state index contributed by atoms with van der Waals surface area (Å²) in [5.41, 5.74) is 0.994. The van der Waals surface area contributed by atoms with Gasteiger partial charge in [0.15, 0.2) is 0 Å². The van der Waals surface area contributed by atoms with Gasteiger partial charge in [-0.15, -0.1) is 0 Å². The van der Waals surface area contributed by atoms with Crippen LogP contribution in [-0.2, 0) is 6.18 Å². The Balaban J connectivity index is 1.57. The predicted octanol–water partition coefficient (Wildman–Crippen LogP) is 4.78. The number of fused-ring (bicyclic) bond motifs is 1. The zero-order valence-corrected chi connectivity index (χ0v) is 16.2. The second-order valence-corrected chi connectivity index (χ2v) is 7.56. The molecule has 9 heteroatoms. The third kappa shape index (κ3) is 4.02. The number of likely N-dealkylation sites (tertiary alicyclic amines) is 1. The van der Waals surface area contributed by atoms with E-state index in [1.54, 1.807) is 12.1 Å². The fourth-order valence-corrected chi connectivity index (χ4v) is 3.78. The van der Waals surface area contributed by atoms with Crippen molar-refractivity contribution < 1.29 is 22.4 Å². The summed E-state index contributed by atoms with van der Waals surface area (Å²) in [5, 5.41) is 2.48. The van der Waals surface area contributed by atoms with Crippen LogP contribution in [0.3, 0.4) is 0 Å². The van der Waals surface area contributed by atoms with Crippen LogP contribution in [0.2, 0.25) is 0 Å².